The van der Waals surface area contributed by atoms with Crippen LogP contribution >= 0.6 is 22.9 Å². The molecule has 8 rings (SSSR count). The summed E-state index contributed by atoms with van der Waals surface area (Å²) in [6.45, 7) is 11.3. The molecule has 78 heavy (non-hydrogen) atoms. The summed E-state index contributed by atoms with van der Waals surface area (Å²) in [5.74, 6) is -1.02. The predicted molar refractivity (Wildman–Crippen MR) is 301 cm³/mol. The first-order valence-corrected chi connectivity index (χ1v) is 28.1. The minimum absolute atomic E-state index is 0.0115. The molecule has 5 heterocycles. The normalized spacial score (nSPS) is 16.4. The van der Waals surface area contributed by atoms with Gasteiger partial charge >= 0.3 is 0 Å². The molecule has 3 aromatic carbocycles. The molecule has 18 nitrogen and oxygen atoms in total. The third-order valence-corrected chi connectivity index (χ3v) is 15.2. The Balaban J connectivity index is 0.770. The molecule has 0 aliphatic carbocycles. The molecular weight excluding hydrogens is 1040 g/mol. The van der Waals surface area contributed by atoms with Crippen LogP contribution in [0.3, 0.4) is 0 Å². The minimum atomic E-state index is -0.883. The smallest absolute Gasteiger partial charge is 0.248 e. The zero-order chi connectivity index (χ0) is 55.2. The van der Waals surface area contributed by atoms with Gasteiger partial charge in [0.1, 0.15) is 48.1 Å². The maximum Gasteiger partial charge on any atom is 0.248 e. The summed E-state index contributed by atoms with van der Waals surface area (Å²) in [5.41, 5.74) is 6.15. The number of β-amino-alcohol motifs (C(OH)–C–C–N with tert-alkyl or cyclic N) is 1. The van der Waals surface area contributed by atoms with Gasteiger partial charge in [-0.3, -0.25) is 28.8 Å². The molecule has 2 fully saturated rings. The minimum Gasteiger partial charge on any atom is -0.485 e. The molecule has 21 heteroatoms. The highest BCUT2D eigenvalue weighted by Crippen LogP contribution is 2.35. The number of benzene rings is 3. The number of likely N-dealkylation sites (tertiary alicyclic amines) is 2. The van der Waals surface area contributed by atoms with Gasteiger partial charge in [-0.25, -0.2) is 19.3 Å². The van der Waals surface area contributed by atoms with Crippen LogP contribution in [0.2, 0.25) is 5.02 Å². The molecule has 0 unspecified atom stereocenters. The summed E-state index contributed by atoms with van der Waals surface area (Å²) in [6, 6.07) is 13.9. The number of aryl methyl sites for hydroxylation is 2. The van der Waals surface area contributed by atoms with E-state index in [-0.39, 0.29) is 61.2 Å². The van der Waals surface area contributed by atoms with Crippen LogP contribution in [0.4, 0.5) is 21.6 Å². The van der Waals surface area contributed by atoms with Crippen molar-refractivity contribution in [3.05, 3.63) is 113 Å². The Morgan fingerprint density at radius 3 is 2.47 bits per heavy atom. The van der Waals surface area contributed by atoms with Gasteiger partial charge in [0.15, 0.2) is 0 Å². The van der Waals surface area contributed by atoms with E-state index in [1.54, 1.807) is 34.2 Å². The number of nitrogens with one attached hydrogen (secondary N) is 4. The highest BCUT2D eigenvalue weighted by Gasteiger charge is 2.44. The third kappa shape index (κ3) is 15.9. The average molecular weight is 1110 g/mol. The Labute approximate surface area is 463 Å². The summed E-state index contributed by atoms with van der Waals surface area (Å²) < 4.78 is 22.0. The average Bonchev–Trinajstić information content (AvgIpc) is 4.22. The number of rotatable bonds is 24. The number of hydrogen-bond acceptors (Lipinski definition) is 14. The summed E-state index contributed by atoms with van der Waals surface area (Å²) >= 11 is 7.63. The number of ether oxygens (including phenoxy) is 1. The Hall–Kier alpha value is -6.87. The molecule has 0 radical (unpaired) electrons. The second-order valence-corrected chi connectivity index (χ2v) is 22.4. The standard InChI is InChI=1S/C57H70ClFN12O6S/c1-37-52(78-36-63-37)39-19-17-38(18-20-39)31-60-55(75)48-28-42(72)33-71(48)56(76)53(57(2,3)4)66-51(74)15-10-7-5-6-8-13-26-70-32-41(67-68-70)34-77-49-30-46-43(54(62-35-61-46)64-40-21-22-45(59)44(58)27-40)29-47(49)65-50(73)16-14-25-69-23-11-9-12-24-69/h14,16-22,27,29-30,32,35-36,42,48,53,72H,5-13,15,23-26,28,31,33-34H2,1-4H3,(H,60,75)(H,65,73)(H,66,74)(H,61,62,64)/b16-14+/t42-,48+,53-/m1/s1. The molecule has 0 saturated carbocycles. The fourth-order valence-corrected chi connectivity index (χ4v) is 10.7. The number of halogens is 2. The fraction of sp³-hybridized carbons (Fsp3) is 0.456. The SMILES string of the molecule is Cc1ncsc1-c1ccc(CNC(=O)[C@@H]2C[C@@H](O)CN2C(=O)[C@@H](NC(=O)CCCCCCCCn2cc(COc3cc4ncnc(Nc5ccc(F)c(Cl)c5)c4cc3NC(=O)/C=C/CN3CCCCC3)nn2)C(C)(C)C)cc1. The van der Waals surface area contributed by atoms with Crippen molar-refractivity contribution in [1.29, 1.82) is 0 Å². The van der Waals surface area contributed by atoms with Crippen molar-refractivity contribution in [2.75, 3.05) is 36.8 Å². The topological polar surface area (TPSA) is 222 Å². The van der Waals surface area contributed by atoms with Crippen molar-refractivity contribution in [3.63, 3.8) is 0 Å². The summed E-state index contributed by atoms with van der Waals surface area (Å²) in [6.07, 6.45) is 14.9. The zero-order valence-corrected chi connectivity index (χ0v) is 46.3. The van der Waals surface area contributed by atoms with Gasteiger partial charge in [0.2, 0.25) is 23.6 Å². The Morgan fingerprint density at radius 1 is 0.962 bits per heavy atom. The van der Waals surface area contributed by atoms with E-state index in [0.717, 1.165) is 79.7 Å². The van der Waals surface area contributed by atoms with Crippen molar-refractivity contribution in [2.45, 2.75) is 136 Å². The number of piperidine rings is 1. The molecule has 2 saturated heterocycles. The number of nitrogens with zero attached hydrogens (tertiary/aromatic N) is 8. The molecule has 0 bridgehead atoms. The van der Waals surface area contributed by atoms with Crippen LogP contribution in [0.1, 0.15) is 108 Å². The van der Waals surface area contributed by atoms with Crippen LogP contribution in [-0.2, 0) is 38.9 Å². The van der Waals surface area contributed by atoms with Crippen molar-refractivity contribution < 1.29 is 33.4 Å². The number of aromatic nitrogens is 6. The number of hydrogen-bond donors (Lipinski definition) is 5. The van der Waals surface area contributed by atoms with Crippen molar-refractivity contribution in [2.24, 2.45) is 5.41 Å². The molecule has 6 aromatic rings. The second kappa shape index (κ2) is 27.1. The molecule has 5 N–H and O–H groups in total. The van der Waals surface area contributed by atoms with Crippen LogP contribution in [0.5, 0.6) is 5.75 Å². The Morgan fingerprint density at radius 2 is 1.73 bits per heavy atom. The zero-order valence-electron chi connectivity index (χ0n) is 44.8. The summed E-state index contributed by atoms with van der Waals surface area (Å²) in [7, 11) is 0. The van der Waals surface area contributed by atoms with Crippen LogP contribution in [-0.4, -0.2) is 113 Å². The number of thiazole rings is 1. The number of amides is 4. The van der Waals surface area contributed by atoms with Gasteiger partial charge in [-0.05, 0) is 86.5 Å². The molecule has 0 spiro atoms. The van der Waals surface area contributed by atoms with Gasteiger partial charge in [-0.2, -0.15) is 0 Å². The first-order chi connectivity index (χ1) is 37.6. The molecular formula is C57H70ClFN12O6S. The number of aliphatic hydroxyl groups excluding tert-OH is 1. The van der Waals surface area contributed by atoms with Crippen LogP contribution in [0.25, 0.3) is 21.3 Å². The molecule has 3 aromatic heterocycles. The summed E-state index contributed by atoms with van der Waals surface area (Å²) in [5, 5.41) is 31.9. The fourth-order valence-electron chi connectivity index (χ4n) is 9.68. The van der Waals surface area contributed by atoms with Crippen LogP contribution in [0.15, 0.2) is 84.8 Å². The number of carbonyl (C=O) groups is 4. The van der Waals surface area contributed by atoms with Gasteiger partial charge in [-0.1, -0.05) is 100 Å². The van der Waals surface area contributed by atoms with E-state index in [0.29, 0.717) is 59.0 Å². The Bertz CT molecular complexity index is 3050. The van der Waals surface area contributed by atoms with Gasteiger partial charge in [-0.15, -0.1) is 16.4 Å². The lowest BCUT2D eigenvalue weighted by atomic mass is 9.85. The van der Waals surface area contributed by atoms with E-state index in [9.17, 15) is 28.7 Å². The number of fused-ring (bicyclic) bond motifs is 1. The van der Waals surface area contributed by atoms with Gasteiger partial charge < -0.3 is 36.0 Å². The number of aliphatic hydroxyl groups is 1. The van der Waals surface area contributed by atoms with E-state index in [1.165, 1.54) is 35.9 Å². The lowest BCUT2D eigenvalue weighted by Crippen LogP contribution is -2.57. The predicted octanol–water partition coefficient (Wildman–Crippen LogP) is 9.29. The van der Waals surface area contributed by atoms with E-state index in [1.807, 2.05) is 69.7 Å². The van der Waals surface area contributed by atoms with Crippen LogP contribution < -0.4 is 26.0 Å². The number of carbonyl (C=O) groups excluding carboxylic acids is 4. The summed E-state index contributed by atoms with van der Waals surface area (Å²) in [4.78, 5) is 72.2. The van der Waals surface area contributed by atoms with E-state index in [2.05, 4.69) is 51.4 Å². The van der Waals surface area contributed by atoms with E-state index in [4.69, 9.17) is 16.3 Å². The van der Waals surface area contributed by atoms with Gasteiger partial charge in [0.05, 0.1) is 44.6 Å². The molecule has 414 valence electrons. The van der Waals surface area contributed by atoms with Crippen molar-refractivity contribution >= 4 is 74.7 Å². The molecule has 3 atom stereocenters. The number of anilines is 3. The highest BCUT2D eigenvalue weighted by atomic mass is 35.5. The lowest BCUT2D eigenvalue weighted by Gasteiger charge is -2.35. The highest BCUT2D eigenvalue weighted by molar-refractivity contribution is 7.13. The quantitative estimate of drug-likeness (QED) is 0.0282. The van der Waals surface area contributed by atoms with Gasteiger partial charge in [0.25, 0.3) is 0 Å². The lowest BCUT2D eigenvalue weighted by molar-refractivity contribution is -0.144. The van der Waals surface area contributed by atoms with Crippen molar-refractivity contribution in [3.8, 4) is 16.2 Å². The molecule has 4 amide bonds. The third-order valence-electron chi connectivity index (χ3n) is 14.0. The maximum atomic E-state index is 14.1. The number of unbranched alkanes of at least 4 members (excludes halogenated alkanes) is 5. The maximum absolute atomic E-state index is 14.1. The first kappa shape index (κ1) is 57.3. The van der Waals surface area contributed by atoms with Crippen molar-refractivity contribution in [1.82, 2.24) is 50.4 Å². The van der Waals surface area contributed by atoms with Crippen LogP contribution in [0, 0.1) is 18.2 Å². The van der Waals surface area contributed by atoms with Gasteiger partial charge in [0, 0.05) is 62.2 Å². The molecule has 2 aliphatic heterocycles. The van der Waals surface area contributed by atoms with E-state index < -0.39 is 29.4 Å². The monoisotopic (exact) mass is 1100 g/mol. The molecule has 2 aliphatic rings. The second-order valence-electron chi connectivity index (χ2n) is 21.2. The Kier molecular flexibility index (Phi) is 19.9. The van der Waals surface area contributed by atoms with E-state index >= 15 is 0 Å². The first-order valence-electron chi connectivity index (χ1n) is 26.9. The largest absolute Gasteiger partial charge is 0.485 e.